The Bertz CT molecular complexity index is 564. The number of halogens is 1. The van der Waals surface area contributed by atoms with Crippen molar-refractivity contribution in [3.63, 3.8) is 0 Å². The van der Waals surface area contributed by atoms with E-state index < -0.39 is 0 Å². The SMILES string of the molecule is Brc1cccc2c(CCN3CCNCC3)ccnc12. The fraction of sp³-hybridized carbons (Fsp3) is 0.400. The van der Waals surface area contributed by atoms with E-state index in [0.717, 1.165) is 49.1 Å². The van der Waals surface area contributed by atoms with E-state index in [2.05, 4.69) is 55.4 Å². The molecule has 0 atom stereocenters. The van der Waals surface area contributed by atoms with Crippen molar-refractivity contribution < 1.29 is 0 Å². The van der Waals surface area contributed by atoms with Crippen molar-refractivity contribution in [2.24, 2.45) is 0 Å². The first-order chi connectivity index (χ1) is 9.34. The van der Waals surface area contributed by atoms with Crippen molar-refractivity contribution >= 4 is 26.8 Å². The third-order valence-corrected chi connectivity index (χ3v) is 4.36. The summed E-state index contributed by atoms with van der Waals surface area (Å²) >= 11 is 3.58. The zero-order valence-electron chi connectivity index (χ0n) is 10.9. The van der Waals surface area contributed by atoms with E-state index in [1.54, 1.807) is 0 Å². The molecule has 2 heterocycles. The number of para-hydroxylation sites is 1. The van der Waals surface area contributed by atoms with Crippen molar-refractivity contribution in [2.75, 3.05) is 32.7 Å². The lowest BCUT2D eigenvalue weighted by atomic mass is 10.1. The van der Waals surface area contributed by atoms with Gasteiger partial charge in [0.15, 0.2) is 0 Å². The van der Waals surface area contributed by atoms with Gasteiger partial charge in [-0.3, -0.25) is 4.98 Å². The van der Waals surface area contributed by atoms with Crippen LogP contribution in [-0.4, -0.2) is 42.6 Å². The lowest BCUT2D eigenvalue weighted by molar-refractivity contribution is 0.244. The van der Waals surface area contributed by atoms with Crippen LogP contribution in [0.5, 0.6) is 0 Å². The van der Waals surface area contributed by atoms with E-state index in [4.69, 9.17) is 0 Å². The molecule has 100 valence electrons. The molecule has 0 saturated carbocycles. The number of hydrogen-bond donors (Lipinski definition) is 1. The Kier molecular flexibility index (Phi) is 4.11. The topological polar surface area (TPSA) is 28.2 Å². The maximum absolute atomic E-state index is 4.47. The molecular weight excluding hydrogens is 302 g/mol. The van der Waals surface area contributed by atoms with E-state index in [-0.39, 0.29) is 0 Å². The van der Waals surface area contributed by atoms with Crippen LogP contribution < -0.4 is 5.32 Å². The molecular formula is C15H18BrN3. The molecule has 4 heteroatoms. The van der Waals surface area contributed by atoms with Gasteiger partial charge >= 0.3 is 0 Å². The summed E-state index contributed by atoms with van der Waals surface area (Å²) in [7, 11) is 0. The smallest absolute Gasteiger partial charge is 0.0846 e. The maximum Gasteiger partial charge on any atom is 0.0846 e. The lowest BCUT2D eigenvalue weighted by Crippen LogP contribution is -2.44. The van der Waals surface area contributed by atoms with Crippen LogP contribution in [0.4, 0.5) is 0 Å². The summed E-state index contributed by atoms with van der Waals surface area (Å²) in [4.78, 5) is 6.99. The molecule has 3 rings (SSSR count). The van der Waals surface area contributed by atoms with E-state index in [0.29, 0.717) is 0 Å². The van der Waals surface area contributed by atoms with Crippen molar-refractivity contribution in [1.82, 2.24) is 15.2 Å². The standard InChI is InChI=1S/C15H18BrN3/c16-14-3-1-2-13-12(4-6-18-15(13)14)5-9-19-10-7-17-8-11-19/h1-4,6,17H,5,7-11H2. The highest BCUT2D eigenvalue weighted by Crippen LogP contribution is 2.24. The summed E-state index contributed by atoms with van der Waals surface area (Å²) in [5.41, 5.74) is 2.46. The fourth-order valence-corrected chi connectivity index (χ4v) is 3.10. The average molecular weight is 320 g/mol. The molecule has 1 aromatic carbocycles. The Balaban J connectivity index is 1.79. The molecule has 1 aliphatic rings. The molecule has 1 saturated heterocycles. The summed E-state index contributed by atoms with van der Waals surface area (Å²) in [6, 6.07) is 8.45. The number of nitrogens with zero attached hydrogens (tertiary/aromatic N) is 2. The van der Waals surface area contributed by atoms with Gasteiger partial charge in [0.1, 0.15) is 0 Å². The van der Waals surface area contributed by atoms with Gasteiger partial charge in [-0.25, -0.2) is 0 Å². The summed E-state index contributed by atoms with van der Waals surface area (Å²) in [5.74, 6) is 0. The number of aromatic nitrogens is 1. The fourth-order valence-electron chi connectivity index (χ4n) is 2.63. The first-order valence-electron chi connectivity index (χ1n) is 6.80. The molecule has 0 unspecified atom stereocenters. The van der Waals surface area contributed by atoms with E-state index in [1.807, 2.05) is 6.20 Å². The number of hydrogen-bond acceptors (Lipinski definition) is 3. The molecule has 0 amide bonds. The van der Waals surface area contributed by atoms with Gasteiger partial charge in [0, 0.05) is 48.8 Å². The summed E-state index contributed by atoms with van der Waals surface area (Å²) in [6.07, 6.45) is 3.01. The van der Waals surface area contributed by atoms with Crippen LogP contribution in [0.3, 0.4) is 0 Å². The normalized spacial score (nSPS) is 16.9. The average Bonchev–Trinajstić information content (AvgIpc) is 2.47. The molecule has 0 radical (unpaired) electrons. The highest BCUT2D eigenvalue weighted by Gasteiger charge is 2.10. The predicted molar refractivity (Wildman–Crippen MR) is 82.5 cm³/mol. The Morgan fingerprint density at radius 3 is 2.89 bits per heavy atom. The minimum absolute atomic E-state index is 1.07. The van der Waals surface area contributed by atoms with E-state index >= 15 is 0 Å². The molecule has 1 fully saturated rings. The van der Waals surface area contributed by atoms with Gasteiger partial charge in [-0.2, -0.15) is 0 Å². The Morgan fingerprint density at radius 2 is 2.05 bits per heavy atom. The van der Waals surface area contributed by atoms with Crippen LogP contribution in [0.1, 0.15) is 5.56 Å². The van der Waals surface area contributed by atoms with Crippen LogP contribution in [0.15, 0.2) is 34.9 Å². The lowest BCUT2D eigenvalue weighted by Gasteiger charge is -2.27. The Hall–Kier alpha value is -0.970. The first kappa shape index (κ1) is 13.0. The summed E-state index contributed by atoms with van der Waals surface area (Å²) < 4.78 is 1.08. The van der Waals surface area contributed by atoms with Gasteiger partial charge in [-0.15, -0.1) is 0 Å². The van der Waals surface area contributed by atoms with Crippen molar-refractivity contribution in [3.8, 4) is 0 Å². The molecule has 0 spiro atoms. The van der Waals surface area contributed by atoms with Gasteiger partial charge in [0.2, 0.25) is 0 Å². The van der Waals surface area contributed by atoms with Gasteiger partial charge in [-0.05, 0) is 40.0 Å². The number of piperazine rings is 1. The largest absolute Gasteiger partial charge is 0.314 e. The maximum atomic E-state index is 4.47. The monoisotopic (exact) mass is 319 g/mol. The molecule has 0 bridgehead atoms. The minimum Gasteiger partial charge on any atom is -0.314 e. The molecule has 2 aromatic rings. The predicted octanol–water partition coefficient (Wildman–Crippen LogP) is 2.45. The number of benzene rings is 1. The van der Waals surface area contributed by atoms with Crippen molar-refractivity contribution in [3.05, 3.63) is 40.5 Å². The number of fused-ring (bicyclic) bond motifs is 1. The summed E-state index contributed by atoms with van der Waals surface area (Å²) in [5, 5.41) is 4.66. The number of nitrogens with one attached hydrogen (secondary N) is 1. The Labute approximate surface area is 122 Å². The molecule has 1 aromatic heterocycles. The van der Waals surface area contributed by atoms with Gasteiger partial charge in [0.25, 0.3) is 0 Å². The molecule has 0 aliphatic carbocycles. The van der Waals surface area contributed by atoms with Gasteiger partial charge in [-0.1, -0.05) is 12.1 Å². The highest BCUT2D eigenvalue weighted by molar-refractivity contribution is 9.10. The molecule has 19 heavy (non-hydrogen) atoms. The molecule has 1 N–H and O–H groups in total. The highest BCUT2D eigenvalue weighted by atomic mass is 79.9. The van der Waals surface area contributed by atoms with Crippen molar-refractivity contribution in [2.45, 2.75) is 6.42 Å². The van der Waals surface area contributed by atoms with Crippen LogP contribution in [-0.2, 0) is 6.42 Å². The van der Waals surface area contributed by atoms with Crippen LogP contribution in [0.25, 0.3) is 10.9 Å². The van der Waals surface area contributed by atoms with Crippen LogP contribution in [0, 0.1) is 0 Å². The second kappa shape index (κ2) is 5.99. The third kappa shape index (κ3) is 2.96. The Morgan fingerprint density at radius 1 is 1.21 bits per heavy atom. The van der Waals surface area contributed by atoms with Crippen molar-refractivity contribution in [1.29, 1.82) is 0 Å². The van der Waals surface area contributed by atoms with Crippen LogP contribution in [0.2, 0.25) is 0 Å². The molecule has 1 aliphatic heterocycles. The number of rotatable bonds is 3. The second-order valence-corrected chi connectivity index (χ2v) is 5.80. The second-order valence-electron chi connectivity index (χ2n) is 4.95. The third-order valence-electron chi connectivity index (χ3n) is 3.72. The summed E-state index contributed by atoms with van der Waals surface area (Å²) in [6.45, 7) is 5.68. The van der Waals surface area contributed by atoms with E-state index in [9.17, 15) is 0 Å². The van der Waals surface area contributed by atoms with E-state index in [1.165, 1.54) is 10.9 Å². The molecule has 3 nitrogen and oxygen atoms in total. The zero-order valence-corrected chi connectivity index (χ0v) is 12.5. The van der Waals surface area contributed by atoms with Gasteiger partial charge < -0.3 is 10.2 Å². The van der Waals surface area contributed by atoms with Gasteiger partial charge in [0.05, 0.1) is 5.52 Å². The number of pyridine rings is 1. The quantitative estimate of drug-likeness (QED) is 0.942. The minimum atomic E-state index is 1.07. The van der Waals surface area contributed by atoms with Crippen LogP contribution >= 0.6 is 15.9 Å². The first-order valence-corrected chi connectivity index (χ1v) is 7.59. The zero-order chi connectivity index (χ0) is 13.1.